The summed E-state index contributed by atoms with van der Waals surface area (Å²) in [6.07, 6.45) is 0.323. The van der Waals surface area contributed by atoms with Gasteiger partial charge in [-0.3, -0.25) is 9.69 Å². The predicted octanol–water partition coefficient (Wildman–Crippen LogP) is 1.28. The summed E-state index contributed by atoms with van der Waals surface area (Å²) >= 11 is 0. The third-order valence-corrected chi connectivity index (χ3v) is 6.43. The minimum absolute atomic E-state index is 0.107. The molecular weight excluding hydrogens is 390 g/mol. The number of piperazine rings is 1. The lowest BCUT2D eigenvalue weighted by Crippen LogP contribution is -2.47. The van der Waals surface area contributed by atoms with Crippen LogP contribution in [0.4, 0.5) is 0 Å². The summed E-state index contributed by atoms with van der Waals surface area (Å²) in [7, 11) is 0. The van der Waals surface area contributed by atoms with Crippen LogP contribution in [0, 0.1) is 5.92 Å². The van der Waals surface area contributed by atoms with Crippen LogP contribution in [0.2, 0.25) is 0 Å². The molecule has 1 saturated heterocycles. The van der Waals surface area contributed by atoms with E-state index in [0.717, 1.165) is 42.9 Å². The van der Waals surface area contributed by atoms with Gasteiger partial charge in [-0.2, -0.15) is 0 Å². The number of hydrogen-bond donors (Lipinski definition) is 4. The second-order valence-electron chi connectivity index (χ2n) is 8.78. The molecule has 4 atom stereocenters. The third-order valence-electron chi connectivity index (χ3n) is 6.43. The van der Waals surface area contributed by atoms with Crippen molar-refractivity contribution in [3.63, 3.8) is 0 Å². The number of amides is 1. The largest absolute Gasteiger partial charge is 0.392 e. The number of aliphatic hydroxyl groups excluding tert-OH is 2. The summed E-state index contributed by atoms with van der Waals surface area (Å²) in [4.78, 5) is 15.6. The first-order valence-electron chi connectivity index (χ1n) is 11.3. The van der Waals surface area contributed by atoms with Gasteiger partial charge in [-0.05, 0) is 29.5 Å². The van der Waals surface area contributed by atoms with Gasteiger partial charge in [0, 0.05) is 45.1 Å². The van der Waals surface area contributed by atoms with Crippen molar-refractivity contribution < 1.29 is 15.0 Å². The van der Waals surface area contributed by atoms with Crippen molar-refractivity contribution in [1.29, 1.82) is 0 Å². The summed E-state index contributed by atoms with van der Waals surface area (Å²) in [5, 5.41) is 27.7. The van der Waals surface area contributed by atoms with Gasteiger partial charge < -0.3 is 20.8 Å². The number of hydrogen-bond acceptors (Lipinski definition) is 5. The van der Waals surface area contributed by atoms with Gasteiger partial charge in [0.05, 0.1) is 18.2 Å². The number of benzene rings is 2. The standard InChI is InChI=1S/C25H33N3O3/c29-21(17-28-12-10-26-11-13-28)15-20(14-18-6-2-1-3-7-18)25(31)27-24-22-9-5-4-8-19(22)16-23(24)30/h1-9,20-21,23-24,26,29-30H,10-17H2,(H,27,31). The Morgan fingerprint density at radius 1 is 1.10 bits per heavy atom. The van der Waals surface area contributed by atoms with Crippen LogP contribution in [0.1, 0.15) is 29.2 Å². The molecule has 0 radical (unpaired) electrons. The van der Waals surface area contributed by atoms with E-state index in [1.165, 1.54) is 0 Å². The number of fused-ring (bicyclic) bond motifs is 1. The maximum atomic E-state index is 13.3. The van der Waals surface area contributed by atoms with E-state index in [1.807, 2.05) is 54.6 Å². The van der Waals surface area contributed by atoms with E-state index in [4.69, 9.17) is 0 Å². The maximum Gasteiger partial charge on any atom is 0.224 e. The first kappa shape index (κ1) is 22.0. The van der Waals surface area contributed by atoms with Gasteiger partial charge >= 0.3 is 0 Å². The van der Waals surface area contributed by atoms with Crippen molar-refractivity contribution in [2.75, 3.05) is 32.7 Å². The first-order valence-corrected chi connectivity index (χ1v) is 11.3. The summed E-state index contributed by atoms with van der Waals surface area (Å²) in [5.74, 6) is -0.468. The molecule has 2 aromatic carbocycles. The zero-order valence-corrected chi connectivity index (χ0v) is 17.9. The summed E-state index contributed by atoms with van der Waals surface area (Å²) in [5.41, 5.74) is 3.14. The van der Waals surface area contributed by atoms with E-state index in [0.29, 0.717) is 25.8 Å². The Morgan fingerprint density at radius 3 is 2.58 bits per heavy atom. The number of nitrogens with one attached hydrogen (secondary N) is 2. The monoisotopic (exact) mass is 423 g/mol. The van der Waals surface area contributed by atoms with Crippen LogP contribution in [0.25, 0.3) is 0 Å². The molecule has 0 aromatic heterocycles. The van der Waals surface area contributed by atoms with Crippen molar-refractivity contribution in [2.24, 2.45) is 5.92 Å². The van der Waals surface area contributed by atoms with Gasteiger partial charge in [0.2, 0.25) is 5.91 Å². The number of rotatable bonds is 8. The van der Waals surface area contributed by atoms with Gasteiger partial charge in [0.15, 0.2) is 0 Å². The Labute approximate surface area is 184 Å². The topological polar surface area (TPSA) is 84.8 Å². The lowest BCUT2D eigenvalue weighted by molar-refractivity contribution is -0.127. The van der Waals surface area contributed by atoms with E-state index in [-0.39, 0.29) is 11.8 Å². The summed E-state index contributed by atoms with van der Waals surface area (Å²) in [6, 6.07) is 17.4. The highest BCUT2D eigenvalue weighted by Gasteiger charge is 2.34. The van der Waals surface area contributed by atoms with E-state index in [2.05, 4.69) is 15.5 Å². The molecule has 6 heteroatoms. The Balaban J connectivity index is 1.44. The van der Waals surface area contributed by atoms with Crippen LogP contribution in [0.5, 0.6) is 0 Å². The molecule has 0 spiro atoms. The van der Waals surface area contributed by atoms with Crippen molar-refractivity contribution in [3.05, 3.63) is 71.3 Å². The highest BCUT2D eigenvalue weighted by Crippen LogP contribution is 2.32. The highest BCUT2D eigenvalue weighted by molar-refractivity contribution is 5.79. The van der Waals surface area contributed by atoms with E-state index < -0.39 is 18.2 Å². The molecule has 4 unspecified atom stereocenters. The number of nitrogens with zero attached hydrogens (tertiary/aromatic N) is 1. The van der Waals surface area contributed by atoms with Gasteiger partial charge in [-0.25, -0.2) is 0 Å². The molecular formula is C25H33N3O3. The lowest BCUT2D eigenvalue weighted by Gasteiger charge is -2.30. The molecule has 31 heavy (non-hydrogen) atoms. The van der Waals surface area contributed by atoms with Gasteiger partial charge in [-0.15, -0.1) is 0 Å². The molecule has 2 aromatic rings. The van der Waals surface area contributed by atoms with Crippen molar-refractivity contribution >= 4 is 5.91 Å². The number of carbonyl (C=O) groups excluding carboxylic acids is 1. The molecule has 1 fully saturated rings. The van der Waals surface area contributed by atoms with Gasteiger partial charge in [0.25, 0.3) is 0 Å². The number of carbonyl (C=O) groups is 1. The molecule has 0 bridgehead atoms. The minimum Gasteiger partial charge on any atom is -0.392 e. The van der Waals surface area contributed by atoms with Crippen LogP contribution in [0.15, 0.2) is 54.6 Å². The van der Waals surface area contributed by atoms with Crippen LogP contribution in [-0.2, 0) is 17.6 Å². The lowest BCUT2D eigenvalue weighted by atomic mass is 9.92. The molecule has 1 aliphatic heterocycles. The van der Waals surface area contributed by atoms with E-state index >= 15 is 0 Å². The molecule has 1 heterocycles. The zero-order valence-electron chi connectivity index (χ0n) is 17.9. The van der Waals surface area contributed by atoms with Gasteiger partial charge in [-0.1, -0.05) is 54.6 Å². The Morgan fingerprint density at radius 2 is 1.81 bits per heavy atom. The quantitative estimate of drug-likeness (QED) is 0.514. The summed E-state index contributed by atoms with van der Waals surface area (Å²) in [6.45, 7) is 4.27. The maximum absolute atomic E-state index is 13.3. The molecule has 6 nitrogen and oxygen atoms in total. The smallest absolute Gasteiger partial charge is 0.224 e. The number of aliphatic hydroxyl groups is 2. The molecule has 4 N–H and O–H groups in total. The van der Waals surface area contributed by atoms with Crippen molar-refractivity contribution in [1.82, 2.24) is 15.5 Å². The molecule has 166 valence electrons. The van der Waals surface area contributed by atoms with E-state index in [9.17, 15) is 15.0 Å². The average molecular weight is 424 g/mol. The van der Waals surface area contributed by atoms with Crippen LogP contribution in [0.3, 0.4) is 0 Å². The summed E-state index contributed by atoms with van der Waals surface area (Å²) < 4.78 is 0. The highest BCUT2D eigenvalue weighted by atomic mass is 16.3. The fraction of sp³-hybridized carbons (Fsp3) is 0.480. The second-order valence-corrected chi connectivity index (χ2v) is 8.78. The van der Waals surface area contributed by atoms with Crippen LogP contribution >= 0.6 is 0 Å². The Kier molecular flexibility index (Phi) is 7.35. The predicted molar refractivity (Wildman–Crippen MR) is 121 cm³/mol. The van der Waals surface area contributed by atoms with Crippen LogP contribution < -0.4 is 10.6 Å². The normalized spacial score (nSPS) is 23.2. The first-order chi connectivity index (χ1) is 15.1. The average Bonchev–Trinajstić information content (AvgIpc) is 3.09. The Hall–Kier alpha value is -2.25. The Bertz CT molecular complexity index is 854. The molecule has 0 saturated carbocycles. The molecule has 1 amide bonds. The molecule has 4 rings (SSSR count). The molecule has 1 aliphatic carbocycles. The van der Waals surface area contributed by atoms with Crippen LogP contribution in [-0.4, -0.2) is 66.0 Å². The molecule has 2 aliphatic rings. The minimum atomic E-state index is -0.621. The van der Waals surface area contributed by atoms with Crippen molar-refractivity contribution in [2.45, 2.75) is 37.5 Å². The van der Waals surface area contributed by atoms with Gasteiger partial charge in [0.1, 0.15) is 0 Å². The number of β-amino-alcohol motifs (C(OH)–C–C–N with tert-alkyl or cyclic N) is 1. The SMILES string of the molecule is O=C(NC1c2ccccc2CC1O)C(Cc1ccccc1)CC(O)CN1CCNCC1. The fourth-order valence-electron chi connectivity index (χ4n) is 4.80. The third kappa shape index (κ3) is 5.71. The fourth-order valence-corrected chi connectivity index (χ4v) is 4.80. The van der Waals surface area contributed by atoms with E-state index in [1.54, 1.807) is 0 Å². The second kappa shape index (κ2) is 10.4. The van der Waals surface area contributed by atoms with Crippen molar-refractivity contribution in [3.8, 4) is 0 Å². The zero-order chi connectivity index (χ0) is 21.6.